The molecule has 10 heteroatoms. The topological polar surface area (TPSA) is 84.7 Å². The molecule has 1 aromatic rings. The van der Waals surface area contributed by atoms with Crippen molar-refractivity contribution in [3.63, 3.8) is 0 Å². The van der Waals surface area contributed by atoms with E-state index >= 15 is 0 Å². The van der Waals surface area contributed by atoms with E-state index in [1.165, 1.54) is 18.2 Å². The van der Waals surface area contributed by atoms with E-state index in [1.807, 2.05) is 4.90 Å². The summed E-state index contributed by atoms with van der Waals surface area (Å²) < 4.78 is 40.1. The van der Waals surface area contributed by atoms with Gasteiger partial charge in [-0.25, -0.2) is 0 Å². The maximum absolute atomic E-state index is 12.0. The van der Waals surface area contributed by atoms with Gasteiger partial charge < -0.3 is 15.0 Å². The molecule has 1 amide bonds. The molecule has 1 heterocycles. The van der Waals surface area contributed by atoms with Gasteiger partial charge in [-0.3, -0.25) is 14.9 Å². The van der Waals surface area contributed by atoms with E-state index in [2.05, 4.69) is 10.1 Å². The molecule has 0 saturated carbocycles. The van der Waals surface area contributed by atoms with Gasteiger partial charge >= 0.3 is 6.18 Å². The minimum Gasteiger partial charge on any atom is -0.370 e. The Morgan fingerprint density at radius 2 is 2.00 bits per heavy atom. The molecule has 0 aliphatic carbocycles. The predicted octanol–water partition coefficient (Wildman–Crippen LogP) is 2.50. The summed E-state index contributed by atoms with van der Waals surface area (Å²) in [4.78, 5) is 24.6. The third kappa shape index (κ3) is 5.59. The van der Waals surface area contributed by atoms with Crippen molar-refractivity contribution in [2.24, 2.45) is 0 Å². The van der Waals surface area contributed by atoms with Crippen LogP contribution in [0.1, 0.15) is 23.2 Å². The molecule has 1 aliphatic rings. The second-order valence-corrected chi connectivity index (χ2v) is 5.58. The summed E-state index contributed by atoms with van der Waals surface area (Å²) in [5, 5.41) is 13.6. The second-order valence-electron chi connectivity index (χ2n) is 5.58. The highest BCUT2D eigenvalue weighted by Gasteiger charge is 2.27. The minimum absolute atomic E-state index is 0.0745. The van der Waals surface area contributed by atoms with Gasteiger partial charge in [0.25, 0.3) is 11.6 Å². The first-order chi connectivity index (χ1) is 11.8. The first kappa shape index (κ1) is 19.0. The monoisotopic (exact) mass is 361 g/mol. The molecule has 0 atom stereocenters. The molecule has 0 spiro atoms. The molecule has 0 radical (unpaired) electrons. The minimum atomic E-state index is -4.42. The molecule has 0 bridgehead atoms. The van der Waals surface area contributed by atoms with E-state index in [0.717, 1.165) is 25.9 Å². The van der Waals surface area contributed by atoms with E-state index < -0.39 is 23.6 Å². The molecule has 7 nitrogen and oxygen atoms in total. The first-order valence-electron chi connectivity index (χ1n) is 7.74. The number of hydrogen-bond acceptors (Lipinski definition) is 5. The quantitative estimate of drug-likeness (QED) is 0.458. The fourth-order valence-electron chi connectivity index (χ4n) is 2.56. The van der Waals surface area contributed by atoms with Crippen molar-refractivity contribution in [3.8, 4) is 0 Å². The zero-order chi connectivity index (χ0) is 18.4. The van der Waals surface area contributed by atoms with E-state index in [-0.39, 0.29) is 24.4 Å². The number of nitro benzene ring substituents is 1. The second kappa shape index (κ2) is 8.15. The molecule has 1 aliphatic heterocycles. The van der Waals surface area contributed by atoms with Crippen LogP contribution in [0.5, 0.6) is 0 Å². The standard InChI is InChI=1S/C15H18F3N3O4/c16-15(17,18)10-25-8-5-19-14(22)11-3-4-12(13(9-11)21(23)24)20-6-1-2-7-20/h3-4,9H,1-2,5-8,10H2,(H,19,22). The van der Waals surface area contributed by atoms with Gasteiger partial charge in [-0.1, -0.05) is 0 Å². The van der Waals surface area contributed by atoms with Gasteiger partial charge in [0.15, 0.2) is 0 Å². The van der Waals surface area contributed by atoms with Gasteiger partial charge in [0.05, 0.1) is 11.5 Å². The van der Waals surface area contributed by atoms with E-state index in [1.54, 1.807) is 0 Å². The number of halogens is 3. The Morgan fingerprint density at radius 1 is 1.32 bits per heavy atom. The fraction of sp³-hybridized carbons (Fsp3) is 0.533. The number of carbonyl (C=O) groups is 1. The van der Waals surface area contributed by atoms with E-state index in [9.17, 15) is 28.1 Å². The number of hydrogen-bond donors (Lipinski definition) is 1. The van der Waals surface area contributed by atoms with Crippen LogP contribution in [0.3, 0.4) is 0 Å². The number of carbonyl (C=O) groups excluding carboxylic acids is 1. The number of rotatable bonds is 7. The Kier molecular flexibility index (Phi) is 6.18. The van der Waals surface area contributed by atoms with Crippen LogP contribution >= 0.6 is 0 Å². The number of alkyl halides is 3. The molecule has 0 unspecified atom stereocenters. The van der Waals surface area contributed by atoms with Crippen molar-refractivity contribution in [2.75, 3.05) is 37.7 Å². The molecule has 1 aromatic carbocycles. The fourth-order valence-corrected chi connectivity index (χ4v) is 2.56. The Labute approximate surface area is 141 Å². The molecule has 2 rings (SSSR count). The summed E-state index contributed by atoms with van der Waals surface area (Å²) in [5.41, 5.74) is 0.376. The lowest BCUT2D eigenvalue weighted by Gasteiger charge is -2.17. The molecule has 138 valence electrons. The Bertz CT molecular complexity index is 631. The van der Waals surface area contributed by atoms with Crippen molar-refractivity contribution >= 4 is 17.3 Å². The van der Waals surface area contributed by atoms with Crippen molar-refractivity contribution in [2.45, 2.75) is 19.0 Å². The Balaban J connectivity index is 1.95. The number of nitrogens with zero attached hydrogens (tertiary/aromatic N) is 2. The highest BCUT2D eigenvalue weighted by molar-refractivity contribution is 5.95. The van der Waals surface area contributed by atoms with Crippen LogP contribution in [0.25, 0.3) is 0 Å². The number of amides is 1. The van der Waals surface area contributed by atoms with Crippen LogP contribution in [0.15, 0.2) is 18.2 Å². The summed E-state index contributed by atoms with van der Waals surface area (Å²) >= 11 is 0. The Hall–Kier alpha value is -2.36. The molecule has 0 aromatic heterocycles. The highest BCUT2D eigenvalue weighted by atomic mass is 19.4. The van der Waals surface area contributed by atoms with Crippen molar-refractivity contribution < 1.29 is 27.6 Å². The van der Waals surface area contributed by atoms with Crippen LogP contribution < -0.4 is 10.2 Å². The maximum atomic E-state index is 12.0. The average molecular weight is 361 g/mol. The number of anilines is 1. The zero-order valence-electron chi connectivity index (χ0n) is 13.3. The van der Waals surface area contributed by atoms with Gasteiger partial charge in [0.2, 0.25) is 0 Å². The third-order valence-corrected chi connectivity index (χ3v) is 3.68. The lowest BCUT2D eigenvalue weighted by molar-refractivity contribution is -0.384. The molecular weight excluding hydrogens is 343 g/mol. The van der Waals surface area contributed by atoms with E-state index in [4.69, 9.17) is 0 Å². The lowest BCUT2D eigenvalue weighted by Crippen LogP contribution is -2.29. The SMILES string of the molecule is O=C(NCCOCC(F)(F)F)c1ccc(N2CCCC2)c([N+](=O)[O-])c1. The normalized spacial score (nSPS) is 14.6. The van der Waals surface area contributed by atoms with Crippen molar-refractivity contribution in [3.05, 3.63) is 33.9 Å². The predicted molar refractivity (Wildman–Crippen MR) is 83.8 cm³/mol. The largest absolute Gasteiger partial charge is 0.411 e. The maximum Gasteiger partial charge on any atom is 0.411 e. The van der Waals surface area contributed by atoms with Crippen LogP contribution in [-0.2, 0) is 4.74 Å². The zero-order valence-corrected chi connectivity index (χ0v) is 13.3. The number of nitro groups is 1. The summed E-state index contributed by atoms with van der Waals surface area (Å²) in [6.45, 7) is -0.374. The Morgan fingerprint density at radius 3 is 2.60 bits per heavy atom. The number of nitrogens with one attached hydrogen (secondary N) is 1. The van der Waals surface area contributed by atoms with Crippen LogP contribution in [-0.4, -0.2) is 49.9 Å². The highest BCUT2D eigenvalue weighted by Crippen LogP contribution is 2.31. The molecule has 1 fully saturated rings. The summed E-state index contributed by atoms with van der Waals surface area (Å²) in [6.07, 6.45) is -2.51. The van der Waals surface area contributed by atoms with Gasteiger partial charge in [-0.15, -0.1) is 0 Å². The van der Waals surface area contributed by atoms with Crippen LogP contribution in [0, 0.1) is 10.1 Å². The smallest absolute Gasteiger partial charge is 0.370 e. The molecule has 1 saturated heterocycles. The van der Waals surface area contributed by atoms with Crippen molar-refractivity contribution in [1.29, 1.82) is 0 Å². The number of ether oxygens (including phenoxy) is 1. The summed E-state index contributed by atoms with van der Waals surface area (Å²) in [7, 11) is 0. The van der Waals surface area contributed by atoms with Gasteiger partial charge in [0.1, 0.15) is 12.3 Å². The van der Waals surface area contributed by atoms with Gasteiger partial charge in [-0.2, -0.15) is 13.2 Å². The van der Waals surface area contributed by atoms with Crippen molar-refractivity contribution in [1.82, 2.24) is 5.32 Å². The van der Waals surface area contributed by atoms with Gasteiger partial charge in [-0.05, 0) is 25.0 Å². The number of benzene rings is 1. The third-order valence-electron chi connectivity index (χ3n) is 3.68. The molecular formula is C15H18F3N3O4. The lowest BCUT2D eigenvalue weighted by atomic mass is 10.1. The van der Waals surface area contributed by atoms with Gasteiger partial charge in [0, 0.05) is 31.3 Å². The molecule has 25 heavy (non-hydrogen) atoms. The van der Waals surface area contributed by atoms with Crippen LogP contribution in [0.2, 0.25) is 0 Å². The first-order valence-corrected chi connectivity index (χ1v) is 7.74. The molecule has 1 N–H and O–H groups in total. The average Bonchev–Trinajstić information content (AvgIpc) is 3.07. The summed E-state index contributed by atoms with van der Waals surface area (Å²) in [6, 6.07) is 4.17. The van der Waals surface area contributed by atoms with E-state index in [0.29, 0.717) is 5.69 Å². The summed E-state index contributed by atoms with van der Waals surface area (Å²) in [5.74, 6) is -0.605. The van der Waals surface area contributed by atoms with Crippen LogP contribution in [0.4, 0.5) is 24.5 Å².